The van der Waals surface area contributed by atoms with Crippen molar-refractivity contribution in [3.63, 3.8) is 0 Å². The number of rotatable bonds is 2. The topological polar surface area (TPSA) is 111 Å². The molecule has 4 N–H and O–H groups in total. The van der Waals surface area contributed by atoms with E-state index in [0.29, 0.717) is 0 Å². The normalized spacial score (nSPS) is 31.2. The van der Waals surface area contributed by atoms with Gasteiger partial charge in [-0.2, -0.15) is 4.98 Å². The van der Waals surface area contributed by atoms with Crippen molar-refractivity contribution in [2.75, 3.05) is 12.3 Å². The third-order valence-electron chi connectivity index (χ3n) is 2.92. The Hall–Kier alpha value is -1.88. The number of hydrogen-bond donors (Lipinski definition) is 3. The van der Waals surface area contributed by atoms with E-state index in [1.807, 2.05) is 0 Å². The molecule has 1 fully saturated rings. The van der Waals surface area contributed by atoms with Crippen molar-refractivity contribution >= 4 is 5.82 Å². The van der Waals surface area contributed by atoms with Gasteiger partial charge in [0, 0.05) is 12.6 Å². The van der Waals surface area contributed by atoms with Gasteiger partial charge in [-0.3, -0.25) is 4.57 Å². The van der Waals surface area contributed by atoms with E-state index in [4.69, 9.17) is 22.0 Å². The molecule has 1 aliphatic rings. The van der Waals surface area contributed by atoms with Crippen molar-refractivity contribution in [1.82, 2.24) is 9.55 Å². The minimum Gasteiger partial charge on any atom is -0.394 e. The second kappa shape index (κ2) is 4.42. The molecule has 96 valence electrons. The Morgan fingerprint density at radius 1 is 1.78 bits per heavy atom. The second-order valence-electron chi connectivity index (χ2n) is 4.08. The molecule has 7 nitrogen and oxygen atoms in total. The number of nitrogen functional groups attached to an aromatic ring is 1. The number of aromatic nitrogens is 2. The van der Waals surface area contributed by atoms with Crippen LogP contribution in [-0.4, -0.2) is 38.1 Å². The van der Waals surface area contributed by atoms with Gasteiger partial charge in [0.15, 0.2) is 5.60 Å². The molecule has 1 aliphatic heterocycles. The second-order valence-corrected chi connectivity index (χ2v) is 4.08. The van der Waals surface area contributed by atoms with Crippen molar-refractivity contribution in [1.29, 1.82) is 0 Å². The van der Waals surface area contributed by atoms with E-state index in [1.54, 1.807) is 0 Å². The fourth-order valence-electron chi connectivity index (χ4n) is 1.90. The molecule has 2 rings (SSSR count). The summed E-state index contributed by atoms with van der Waals surface area (Å²) >= 11 is 0. The van der Waals surface area contributed by atoms with Crippen LogP contribution in [0.5, 0.6) is 0 Å². The van der Waals surface area contributed by atoms with E-state index < -0.39 is 30.2 Å². The van der Waals surface area contributed by atoms with Gasteiger partial charge in [0.05, 0.1) is 6.61 Å². The maximum absolute atomic E-state index is 11.6. The maximum atomic E-state index is 11.6. The largest absolute Gasteiger partial charge is 0.394 e. The van der Waals surface area contributed by atoms with Crippen LogP contribution in [0.1, 0.15) is 12.6 Å². The first-order chi connectivity index (χ1) is 8.50. The van der Waals surface area contributed by atoms with E-state index >= 15 is 0 Å². The summed E-state index contributed by atoms with van der Waals surface area (Å²) in [6.07, 6.45) is 4.92. The van der Waals surface area contributed by atoms with Crippen molar-refractivity contribution in [2.45, 2.75) is 24.4 Å². The standard InChI is InChI=1S/C11H13N3O4/c1-2-11(17)5-9(18-7(11)6-15)14-4-3-8(12)13-10(14)16/h1,3-4,7,9,15,17H,5-6H2,(H2,12,13,16)/t7-,9-,11?/m1/s1. The molecule has 0 saturated carbocycles. The van der Waals surface area contributed by atoms with Gasteiger partial charge < -0.3 is 20.7 Å². The average molecular weight is 251 g/mol. The molecule has 0 bridgehead atoms. The molecule has 0 aliphatic carbocycles. The highest BCUT2D eigenvalue weighted by Gasteiger charge is 2.46. The lowest BCUT2D eigenvalue weighted by atomic mass is 9.96. The lowest BCUT2D eigenvalue weighted by molar-refractivity contribution is -0.0624. The number of anilines is 1. The van der Waals surface area contributed by atoms with Crippen LogP contribution in [0.4, 0.5) is 5.82 Å². The number of nitrogens with zero attached hydrogens (tertiary/aromatic N) is 2. The van der Waals surface area contributed by atoms with Gasteiger partial charge in [0.25, 0.3) is 0 Å². The molecule has 1 aromatic rings. The Morgan fingerprint density at radius 3 is 3.00 bits per heavy atom. The van der Waals surface area contributed by atoms with E-state index in [2.05, 4.69) is 10.9 Å². The van der Waals surface area contributed by atoms with Crippen LogP contribution in [0.2, 0.25) is 0 Å². The summed E-state index contributed by atoms with van der Waals surface area (Å²) in [6, 6.07) is 1.44. The zero-order valence-electron chi connectivity index (χ0n) is 9.48. The molecule has 0 amide bonds. The first-order valence-electron chi connectivity index (χ1n) is 5.31. The first kappa shape index (κ1) is 12.6. The quantitative estimate of drug-likeness (QED) is 0.550. The number of terminal acetylenes is 1. The number of aliphatic hydroxyl groups is 2. The maximum Gasteiger partial charge on any atom is 0.351 e. The van der Waals surface area contributed by atoms with Crippen LogP contribution in [0, 0.1) is 12.3 Å². The number of ether oxygens (including phenoxy) is 1. The summed E-state index contributed by atoms with van der Waals surface area (Å²) in [5.74, 6) is 2.28. The highest BCUT2D eigenvalue weighted by Crippen LogP contribution is 2.35. The molecule has 0 spiro atoms. The predicted octanol–water partition coefficient (Wildman–Crippen LogP) is -1.53. The predicted molar refractivity (Wildman–Crippen MR) is 62.3 cm³/mol. The SMILES string of the molecule is C#CC1(O)C[C@H](n2ccc(N)nc2=O)O[C@@H]1CO. The Labute approximate surface area is 103 Å². The summed E-state index contributed by atoms with van der Waals surface area (Å²) in [6.45, 7) is -0.436. The number of hydrogen-bond acceptors (Lipinski definition) is 6. The summed E-state index contributed by atoms with van der Waals surface area (Å²) in [7, 11) is 0. The molecular weight excluding hydrogens is 238 g/mol. The van der Waals surface area contributed by atoms with Crippen molar-refractivity contribution in [3.05, 3.63) is 22.7 Å². The van der Waals surface area contributed by atoms with Crippen molar-refractivity contribution < 1.29 is 14.9 Å². The van der Waals surface area contributed by atoms with Crippen LogP contribution >= 0.6 is 0 Å². The van der Waals surface area contributed by atoms with Crippen LogP contribution < -0.4 is 11.4 Å². The molecule has 2 heterocycles. The Balaban J connectivity index is 2.33. The molecule has 3 atom stereocenters. The Morgan fingerprint density at radius 2 is 2.50 bits per heavy atom. The zero-order valence-corrected chi connectivity index (χ0v) is 9.48. The summed E-state index contributed by atoms with van der Waals surface area (Å²) in [5, 5.41) is 19.2. The molecule has 18 heavy (non-hydrogen) atoms. The average Bonchev–Trinajstić information content (AvgIpc) is 2.67. The van der Waals surface area contributed by atoms with Crippen LogP contribution in [0.25, 0.3) is 0 Å². The smallest absolute Gasteiger partial charge is 0.351 e. The van der Waals surface area contributed by atoms with Gasteiger partial charge in [-0.25, -0.2) is 4.79 Å². The van der Waals surface area contributed by atoms with Gasteiger partial charge in [-0.15, -0.1) is 6.42 Å². The lowest BCUT2D eigenvalue weighted by Crippen LogP contribution is -2.38. The highest BCUT2D eigenvalue weighted by atomic mass is 16.5. The number of aliphatic hydroxyl groups excluding tert-OH is 1. The molecule has 0 radical (unpaired) electrons. The lowest BCUT2D eigenvalue weighted by Gasteiger charge is -2.19. The van der Waals surface area contributed by atoms with Gasteiger partial charge in [0.2, 0.25) is 0 Å². The van der Waals surface area contributed by atoms with E-state index in [9.17, 15) is 9.90 Å². The molecular formula is C11H13N3O4. The molecule has 0 aromatic carbocycles. The number of nitrogens with two attached hydrogens (primary N) is 1. The fourth-order valence-corrected chi connectivity index (χ4v) is 1.90. The van der Waals surface area contributed by atoms with E-state index in [0.717, 1.165) is 0 Å². The Kier molecular flexibility index (Phi) is 3.09. The minimum atomic E-state index is -1.60. The Bertz CT molecular complexity index is 550. The minimum absolute atomic E-state index is 0.000230. The van der Waals surface area contributed by atoms with E-state index in [1.165, 1.54) is 16.8 Å². The molecule has 1 saturated heterocycles. The van der Waals surface area contributed by atoms with Crippen LogP contribution in [0.3, 0.4) is 0 Å². The highest BCUT2D eigenvalue weighted by molar-refractivity contribution is 5.24. The van der Waals surface area contributed by atoms with Crippen molar-refractivity contribution in [3.8, 4) is 12.3 Å². The fraction of sp³-hybridized carbons (Fsp3) is 0.455. The zero-order chi connectivity index (χ0) is 13.3. The molecule has 1 aromatic heterocycles. The van der Waals surface area contributed by atoms with Gasteiger partial charge in [-0.1, -0.05) is 5.92 Å². The molecule has 1 unspecified atom stereocenters. The monoisotopic (exact) mass is 251 g/mol. The van der Waals surface area contributed by atoms with Crippen molar-refractivity contribution in [2.24, 2.45) is 0 Å². The first-order valence-corrected chi connectivity index (χ1v) is 5.31. The summed E-state index contributed by atoms with van der Waals surface area (Å²) in [4.78, 5) is 15.2. The van der Waals surface area contributed by atoms with E-state index in [-0.39, 0.29) is 12.2 Å². The summed E-state index contributed by atoms with van der Waals surface area (Å²) in [5.41, 5.74) is 3.18. The summed E-state index contributed by atoms with van der Waals surface area (Å²) < 4.78 is 6.54. The van der Waals surface area contributed by atoms with Gasteiger partial charge >= 0.3 is 5.69 Å². The third-order valence-corrected chi connectivity index (χ3v) is 2.92. The molecule has 7 heteroatoms. The van der Waals surface area contributed by atoms with Crippen LogP contribution in [0.15, 0.2) is 17.1 Å². The van der Waals surface area contributed by atoms with Crippen LogP contribution in [-0.2, 0) is 4.74 Å². The van der Waals surface area contributed by atoms with Gasteiger partial charge in [-0.05, 0) is 6.07 Å². The third kappa shape index (κ3) is 1.97. The van der Waals surface area contributed by atoms with Gasteiger partial charge in [0.1, 0.15) is 18.1 Å².